The van der Waals surface area contributed by atoms with Crippen LogP contribution in [-0.4, -0.2) is 36.2 Å². The zero-order valence-electron chi connectivity index (χ0n) is 11.0. The smallest absolute Gasteiger partial charge is 0.374 e. The topological polar surface area (TPSA) is 74.4 Å². The average Bonchev–Trinajstić information content (AvgIpc) is 2.80. The van der Waals surface area contributed by atoms with Gasteiger partial charge in [-0.3, -0.25) is 4.79 Å². The maximum absolute atomic E-state index is 11.7. The summed E-state index contributed by atoms with van der Waals surface area (Å²) in [6.45, 7) is 1.57. The Bertz CT molecular complexity index is 568. The molecule has 100 valence electrons. The van der Waals surface area contributed by atoms with Gasteiger partial charge in [-0.05, 0) is 24.9 Å². The van der Waals surface area contributed by atoms with Crippen molar-refractivity contribution in [2.24, 2.45) is 0 Å². The number of fused-ring (bicyclic) bond motifs is 1. The zero-order valence-corrected chi connectivity index (χ0v) is 11.0. The lowest BCUT2D eigenvalue weighted by atomic mass is 9.86. The van der Waals surface area contributed by atoms with Gasteiger partial charge in [0.1, 0.15) is 6.04 Å². The molecule has 1 atom stereocenters. The van der Waals surface area contributed by atoms with Crippen LogP contribution in [0.15, 0.2) is 30.5 Å². The van der Waals surface area contributed by atoms with Gasteiger partial charge < -0.3 is 20.0 Å². The Balaban J connectivity index is 2.23. The van der Waals surface area contributed by atoms with Crippen molar-refractivity contribution in [1.82, 2.24) is 10.2 Å². The maximum Gasteiger partial charge on any atom is 0.374 e. The van der Waals surface area contributed by atoms with E-state index in [1.807, 2.05) is 30.5 Å². The van der Waals surface area contributed by atoms with E-state index in [0.717, 1.165) is 16.5 Å². The first-order valence-corrected chi connectivity index (χ1v) is 6.18. The molecule has 0 saturated carbocycles. The molecule has 0 aliphatic carbocycles. The molecule has 0 saturated heterocycles. The molecule has 6 heteroatoms. The molecule has 5 nitrogen and oxygen atoms in total. The van der Waals surface area contributed by atoms with Gasteiger partial charge in [-0.2, -0.15) is 0 Å². The van der Waals surface area contributed by atoms with E-state index < -0.39 is 13.1 Å². The Kier molecular flexibility index (Phi) is 4.24. The molecule has 1 aromatic carbocycles. The van der Waals surface area contributed by atoms with Crippen LogP contribution in [0, 0.1) is 0 Å². The lowest BCUT2D eigenvalue weighted by Gasteiger charge is -2.16. The summed E-state index contributed by atoms with van der Waals surface area (Å²) in [5.74, 6) is -0.383. The molecule has 0 aliphatic rings. The molecule has 0 unspecified atom stereocenters. The summed E-state index contributed by atoms with van der Waals surface area (Å²) in [7, 11) is 0.572. The van der Waals surface area contributed by atoms with E-state index in [0.29, 0.717) is 6.42 Å². The highest BCUT2D eigenvalue weighted by Gasteiger charge is 2.23. The molecule has 2 aromatic rings. The van der Waals surface area contributed by atoms with Crippen molar-refractivity contribution in [2.45, 2.75) is 19.3 Å². The second-order valence-electron chi connectivity index (χ2n) is 4.48. The van der Waals surface area contributed by atoms with Crippen LogP contribution in [0.3, 0.4) is 0 Å². The van der Waals surface area contributed by atoms with Crippen LogP contribution in [0.5, 0.6) is 0 Å². The third-order valence-electron chi connectivity index (χ3n) is 3.03. The van der Waals surface area contributed by atoms with Crippen molar-refractivity contribution < 1.29 is 14.6 Å². The zero-order chi connectivity index (χ0) is 13.8. The number of hydrogen-bond acceptors (Lipinski definition) is 4. The number of hydrogen-bond donors (Lipinski definition) is 3. The van der Waals surface area contributed by atoms with Crippen molar-refractivity contribution in [2.75, 3.05) is 7.11 Å². The number of aromatic nitrogens is 1. The van der Waals surface area contributed by atoms with Crippen molar-refractivity contribution in [3.8, 4) is 0 Å². The highest BCUT2D eigenvalue weighted by Crippen LogP contribution is 2.19. The molecule has 0 spiro atoms. The van der Waals surface area contributed by atoms with Crippen molar-refractivity contribution >= 4 is 23.9 Å². The van der Waals surface area contributed by atoms with Gasteiger partial charge in [0.25, 0.3) is 0 Å². The van der Waals surface area contributed by atoms with Crippen LogP contribution in [0.2, 0.25) is 6.82 Å². The number of esters is 1. The van der Waals surface area contributed by atoms with E-state index in [9.17, 15) is 9.82 Å². The molecule has 1 aromatic heterocycles. The number of benzene rings is 1. The molecule has 0 bridgehead atoms. The molecule has 0 amide bonds. The second-order valence-corrected chi connectivity index (χ2v) is 4.48. The Labute approximate surface area is 112 Å². The minimum Gasteiger partial charge on any atom is -0.468 e. The third-order valence-corrected chi connectivity index (χ3v) is 3.03. The summed E-state index contributed by atoms with van der Waals surface area (Å²) < 4.78 is 4.75. The number of methoxy groups -OCH3 is 1. The van der Waals surface area contributed by atoms with Gasteiger partial charge in [0.05, 0.1) is 7.11 Å². The fourth-order valence-electron chi connectivity index (χ4n) is 2.16. The van der Waals surface area contributed by atoms with Crippen molar-refractivity contribution in [3.63, 3.8) is 0 Å². The molecular weight excluding hydrogens is 243 g/mol. The van der Waals surface area contributed by atoms with E-state index in [1.165, 1.54) is 7.11 Å². The van der Waals surface area contributed by atoms with Crippen LogP contribution in [0.25, 0.3) is 10.9 Å². The average molecular weight is 260 g/mol. The van der Waals surface area contributed by atoms with Gasteiger partial charge in [-0.25, -0.2) is 0 Å². The van der Waals surface area contributed by atoms with Crippen molar-refractivity contribution in [1.29, 1.82) is 0 Å². The first-order chi connectivity index (χ1) is 9.11. The SMILES string of the molecule is COC(=O)[C@@H](Cc1c[nH]c2ccccc12)NB(C)O. The third kappa shape index (κ3) is 3.16. The molecule has 0 aliphatic heterocycles. The summed E-state index contributed by atoms with van der Waals surface area (Å²) >= 11 is 0. The van der Waals surface area contributed by atoms with Crippen LogP contribution < -0.4 is 5.23 Å². The molecule has 3 N–H and O–H groups in total. The number of aromatic amines is 1. The summed E-state index contributed by atoms with van der Waals surface area (Å²) in [5.41, 5.74) is 2.04. The molecule has 2 rings (SSSR count). The van der Waals surface area contributed by atoms with E-state index in [1.54, 1.807) is 6.82 Å². The molecule has 19 heavy (non-hydrogen) atoms. The minimum atomic E-state index is -0.769. The number of ether oxygens (including phenoxy) is 1. The Morgan fingerprint density at radius 2 is 2.26 bits per heavy atom. The van der Waals surface area contributed by atoms with Crippen LogP contribution >= 0.6 is 0 Å². The summed E-state index contributed by atoms with van der Waals surface area (Å²) in [4.78, 5) is 14.9. The Morgan fingerprint density at radius 1 is 1.53 bits per heavy atom. The second kappa shape index (κ2) is 5.90. The van der Waals surface area contributed by atoms with E-state index in [-0.39, 0.29) is 5.97 Å². The largest absolute Gasteiger partial charge is 0.468 e. The lowest BCUT2D eigenvalue weighted by molar-refractivity contribution is -0.142. The highest BCUT2D eigenvalue weighted by atomic mass is 16.5. The number of H-pyrrole nitrogens is 1. The molecule has 0 fully saturated rings. The fraction of sp³-hybridized carbons (Fsp3) is 0.308. The van der Waals surface area contributed by atoms with Crippen LogP contribution in [0.1, 0.15) is 5.56 Å². The van der Waals surface area contributed by atoms with E-state index >= 15 is 0 Å². The summed E-state index contributed by atoms with van der Waals surface area (Å²) in [6.07, 6.45) is 2.34. The minimum absolute atomic E-state index is 0.383. The van der Waals surface area contributed by atoms with Gasteiger partial charge in [-0.1, -0.05) is 18.2 Å². The molecule has 0 radical (unpaired) electrons. The van der Waals surface area contributed by atoms with E-state index in [4.69, 9.17) is 4.74 Å². The van der Waals surface area contributed by atoms with Gasteiger partial charge in [0.15, 0.2) is 0 Å². The first kappa shape index (κ1) is 13.6. The Morgan fingerprint density at radius 3 is 2.95 bits per heavy atom. The summed E-state index contributed by atoms with van der Waals surface area (Å²) in [5, 5.41) is 13.3. The van der Waals surface area contributed by atoms with Gasteiger partial charge in [0.2, 0.25) is 0 Å². The van der Waals surface area contributed by atoms with Crippen LogP contribution in [-0.2, 0) is 16.0 Å². The summed E-state index contributed by atoms with van der Waals surface area (Å²) in [6, 6.07) is 7.32. The molecular formula is C13H17BN2O3. The van der Waals surface area contributed by atoms with Crippen molar-refractivity contribution in [3.05, 3.63) is 36.0 Å². The number of carbonyl (C=O) groups excluding carboxylic acids is 1. The number of carbonyl (C=O) groups is 1. The number of rotatable bonds is 5. The standard InChI is InChI=1S/C13H17BN2O3/c1-14(18)16-12(13(17)19-2)7-9-8-15-11-6-4-3-5-10(9)11/h3-6,8,12,15-16,18H,7H2,1-2H3/t12-/m1/s1. The number of nitrogens with one attached hydrogen (secondary N) is 2. The van der Waals surface area contributed by atoms with Gasteiger partial charge >= 0.3 is 13.0 Å². The fourth-order valence-corrected chi connectivity index (χ4v) is 2.16. The van der Waals surface area contributed by atoms with Crippen LogP contribution in [0.4, 0.5) is 0 Å². The van der Waals surface area contributed by atoms with E-state index in [2.05, 4.69) is 10.2 Å². The molecule has 1 heterocycles. The Hall–Kier alpha value is -1.79. The van der Waals surface area contributed by atoms with Gasteiger partial charge in [0, 0.05) is 17.1 Å². The normalized spacial score (nSPS) is 12.4. The first-order valence-electron chi connectivity index (χ1n) is 6.18. The highest BCUT2D eigenvalue weighted by molar-refractivity contribution is 6.46. The quantitative estimate of drug-likeness (QED) is 0.552. The maximum atomic E-state index is 11.7. The predicted molar refractivity (Wildman–Crippen MR) is 74.8 cm³/mol. The monoisotopic (exact) mass is 260 g/mol. The van der Waals surface area contributed by atoms with Gasteiger partial charge in [-0.15, -0.1) is 0 Å². The predicted octanol–water partition coefficient (Wildman–Crippen LogP) is 0.952. The lowest BCUT2D eigenvalue weighted by Crippen LogP contribution is -2.46. The number of para-hydroxylation sites is 1.